The third kappa shape index (κ3) is 4.39. The number of thiophene rings is 1. The van der Waals surface area contributed by atoms with Crippen LogP contribution in [0.1, 0.15) is 12.0 Å². The molecule has 0 bridgehead atoms. The van der Waals surface area contributed by atoms with E-state index in [4.69, 9.17) is 4.74 Å². The lowest BCUT2D eigenvalue weighted by atomic mass is 10.2. The first kappa shape index (κ1) is 13.0. The fraction of sp³-hybridized carbons (Fsp3) is 0.636. The smallest absolute Gasteiger partial charge is 0.211 e. The highest BCUT2D eigenvalue weighted by molar-refractivity contribution is 7.89. The zero-order valence-electron chi connectivity index (χ0n) is 9.59. The van der Waals surface area contributed by atoms with Gasteiger partial charge in [-0.05, 0) is 41.1 Å². The highest BCUT2D eigenvalue weighted by atomic mass is 32.2. The molecular weight excluding hydrogens is 258 g/mol. The summed E-state index contributed by atoms with van der Waals surface area (Å²) < 4.78 is 31.3. The average Bonchev–Trinajstić information content (AvgIpc) is 2.89. The van der Waals surface area contributed by atoms with E-state index in [2.05, 4.69) is 4.72 Å². The molecule has 4 nitrogen and oxygen atoms in total. The van der Waals surface area contributed by atoms with Gasteiger partial charge in [-0.25, -0.2) is 13.1 Å². The lowest BCUT2D eigenvalue weighted by molar-refractivity contribution is 0.188. The van der Waals surface area contributed by atoms with Crippen LogP contribution in [0.15, 0.2) is 16.8 Å². The predicted octanol–water partition coefficient (Wildman–Crippen LogP) is 1.25. The van der Waals surface area contributed by atoms with Gasteiger partial charge in [0.25, 0.3) is 0 Å². The molecule has 0 saturated carbocycles. The minimum absolute atomic E-state index is 0.161. The second kappa shape index (κ2) is 5.95. The molecule has 96 valence electrons. The maximum atomic E-state index is 11.8. The second-order valence-corrected chi connectivity index (χ2v) is 6.92. The summed E-state index contributed by atoms with van der Waals surface area (Å²) >= 11 is 1.63. The molecule has 1 aromatic rings. The molecule has 1 N–H and O–H groups in total. The quantitative estimate of drug-likeness (QED) is 0.850. The number of hydrogen-bond donors (Lipinski definition) is 1. The van der Waals surface area contributed by atoms with E-state index >= 15 is 0 Å². The summed E-state index contributed by atoms with van der Waals surface area (Å²) in [5.74, 6) is 0.352. The Morgan fingerprint density at radius 1 is 1.53 bits per heavy atom. The van der Waals surface area contributed by atoms with E-state index < -0.39 is 10.0 Å². The van der Waals surface area contributed by atoms with E-state index in [-0.39, 0.29) is 11.7 Å². The summed E-state index contributed by atoms with van der Waals surface area (Å²) in [6.45, 7) is 1.74. The van der Waals surface area contributed by atoms with Crippen LogP contribution in [-0.4, -0.2) is 33.9 Å². The molecule has 1 atom stereocenters. The molecule has 6 heteroatoms. The van der Waals surface area contributed by atoms with Gasteiger partial charge in [-0.3, -0.25) is 0 Å². The monoisotopic (exact) mass is 275 g/mol. The van der Waals surface area contributed by atoms with Crippen molar-refractivity contribution in [2.24, 2.45) is 5.92 Å². The van der Waals surface area contributed by atoms with Crippen LogP contribution in [-0.2, 0) is 21.2 Å². The second-order valence-electron chi connectivity index (χ2n) is 4.29. The van der Waals surface area contributed by atoms with Crippen molar-refractivity contribution in [1.82, 2.24) is 4.72 Å². The van der Waals surface area contributed by atoms with Crippen molar-refractivity contribution >= 4 is 21.4 Å². The van der Waals surface area contributed by atoms with Crippen LogP contribution in [0.5, 0.6) is 0 Å². The molecule has 1 aromatic heterocycles. The molecule has 1 unspecified atom stereocenters. The van der Waals surface area contributed by atoms with E-state index in [1.54, 1.807) is 11.3 Å². The predicted molar refractivity (Wildman–Crippen MR) is 68.7 cm³/mol. The van der Waals surface area contributed by atoms with Crippen molar-refractivity contribution < 1.29 is 13.2 Å². The first-order chi connectivity index (χ1) is 8.16. The topological polar surface area (TPSA) is 55.4 Å². The molecule has 0 aromatic carbocycles. The summed E-state index contributed by atoms with van der Waals surface area (Å²) in [6.07, 6.45) is 1.61. The Labute approximate surface area is 106 Å². The Morgan fingerprint density at radius 2 is 2.41 bits per heavy atom. The largest absolute Gasteiger partial charge is 0.381 e. The van der Waals surface area contributed by atoms with Crippen LogP contribution in [0.2, 0.25) is 0 Å². The number of rotatable bonds is 6. The van der Waals surface area contributed by atoms with Gasteiger partial charge in [0.15, 0.2) is 0 Å². The molecule has 17 heavy (non-hydrogen) atoms. The minimum atomic E-state index is -3.14. The Kier molecular flexibility index (Phi) is 4.55. The number of nitrogens with one attached hydrogen (secondary N) is 1. The zero-order valence-corrected chi connectivity index (χ0v) is 11.2. The van der Waals surface area contributed by atoms with Crippen molar-refractivity contribution in [3.05, 3.63) is 22.4 Å². The molecule has 0 amide bonds. The van der Waals surface area contributed by atoms with E-state index in [1.807, 2.05) is 16.8 Å². The Morgan fingerprint density at radius 3 is 3.06 bits per heavy atom. The number of sulfonamides is 1. The van der Waals surface area contributed by atoms with Crippen molar-refractivity contribution in [2.45, 2.75) is 12.8 Å². The van der Waals surface area contributed by atoms with Gasteiger partial charge in [0.1, 0.15) is 0 Å². The minimum Gasteiger partial charge on any atom is -0.381 e. The van der Waals surface area contributed by atoms with Crippen LogP contribution in [0.25, 0.3) is 0 Å². The SMILES string of the molecule is O=S(=O)(CC1CCOC1)NCCc1ccsc1. The van der Waals surface area contributed by atoms with E-state index in [1.165, 1.54) is 5.56 Å². The maximum Gasteiger partial charge on any atom is 0.211 e. The summed E-state index contributed by atoms with van der Waals surface area (Å²) in [6, 6.07) is 2.02. The van der Waals surface area contributed by atoms with Crippen LogP contribution in [0.3, 0.4) is 0 Å². The maximum absolute atomic E-state index is 11.8. The van der Waals surface area contributed by atoms with Gasteiger partial charge in [-0.15, -0.1) is 0 Å². The van der Waals surface area contributed by atoms with E-state index in [0.29, 0.717) is 19.8 Å². The van der Waals surface area contributed by atoms with E-state index in [9.17, 15) is 8.42 Å². The highest BCUT2D eigenvalue weighted by Crippen LogP contribution is 2.14. The van der Waals surface area contributed by atoms with Gasteiger partial charge >= 0.3 is 0 Å². The average molecular weight is 275 g/mol. The highest BCUT2D eigenvalue weighted by Gasteiger charge is 2.22. The van der Waals surface area contributed by atoms with Crippen LogP contribution >= 0.6 is 11.3 Å². The molecule has 1 saturated heterocycles. The lowest BCUT2D eigenvalue weighted by Crippen LogP contribution is -2.31. The molecule has 1 fully saturated rings. The van der Waals surface area contributed by atoms with Gasteiger partial charge in [0.2, 0.25) is 10.0 Å². The molecule has 2 heterocycles. The van der Waals surface area contributed by atoms with Gasteiger partial charge in [-0.1, -0.05) is 0 Å². The number of hydrogen-bond acceptors (Lipinski definition) is 4. The normalized spacial score (nSPS) is 20.8. The van der Waals surface area contributed by atoms with Gasteiger partial charge in [-0.2, -0.15) is 11.3 Å². The van der Waals surface area contributed by atoms with Crippen LogP contribution in [0, 0.1) is 5.92 Å². The Hall–Kier alpha value is -0.430. The molecule has 0 radical (unpaired) electrons. The number of ether oxygens (including phenoxy) is 1. The fourth-order valence-corrected chi connectivity index (χ4v) is 3.99. The third-order valence-corrected chi connectivity index (χ3v) is 5.08. The van der Waals surface area contributed by atoms with Crippen molar-refractivity contribution in [1.29, 1.82) is 0 Å². The van der Waals surface area contributed by atoms with Crippen molar-refractivity contribution in [2.75, 3.05) is 25.5 Å². The zero-order chi connectivity index (χ0) is 12.1. The standard InChI is InChI=1S/C11H17NO3S2/c13-17(14,9-11-2-5-15-7-11)12-4-1-10-3-6-16-8-10/h3,6,8,11-12H,1-2,4-5,7,9H2. The fourth-order valence-electron chi connectivity index (χ4n) is 1.87. The first-order valence-corrected chi connectivity index (χ1v) is 8.31. The Balaban J connectivity index is 1.73. The molecule has 0 aliphatic carbocycles. The summed E-state index contributed by atoms with van der Waals surface area (Å²) in [7, 11) is -3.14. The van der Waals surface area contributed by atoms with Gasteiger partial charge in [0, 0.05) is 13.2 Å². The summed E-state index contributed by atoms with van der Waals surface area (Å²) in [5, 5.41) is 4.04. The molecule has 1 aliphatic heterocycles. The molecule has 1 aliphatic rings. The molecule has 2 rings (SSSR count). The van der Waals surface area contributed by atoms with Crippen molar-refractivity contribution in [3.63, 3.8) is 0 Å². The van der Waals surface area contributed by atoms with Gasteiger partial charge < -0.3 is 4.74 Å². The van der Waals surface area contributed by atoms with Crippen LogP contribution < -0.4 is 4.72 Å². The van der Waals surface area contributed by atoms with E-state index in [0.717, 1.165) is 12.8 Å². The van der Waals surface area contributed by atoms with Gasteiger partial charge in [0.05, 0.1) is 12.4 Å². The Bertz CT molecular complexity index is 422. The first-order valence-electron chi connectivity index (χ1n) is 5.72. The summed E-state index contributed by atoms with van der Waals surface area (Å²) in [5.41, 5.74) is 1.18. The third-order valence-electron chi connectivity index (χ3n) is 2.79. The lowest BCUT2D eigenvalue weighted by Gasteiger charge is -2.09. The van der Waals surface area contributed by atoms with Crippen molar-refractivity contribution in [3.8, 4) is 0 Å². The van der Waals surface area contributed by atoms with Crippen LogP contribution in [0.4, 0.5) is 0 Å². The molecular formula is C11H17NO3S2. The summed E-state index contributed by atoms with van der Waals surface area (Å²) in [4.78, 5) is 0. The molecule has 0 spiro atoms.